The summed E-state index contributed by atoms with van der Waals surface area (Å²) >= 11 is 0. The summed E-state index contributed by atoms with van der Waals surface area (Å²) in [7, 11) is 0. The van der Waals surface area contributed by atoms with Gasteiger partial charge in [0.05, 0.1) is 5.92 Å². The molecule has 19 heavy (non-hydrogen) atoms. The molecule has 0 aliphatic rings. The molecule has 0 bridgehead atoms. The molecule has 0 aliphatic heterocycles. The van der Waals surface area contributed by atoms with Crippen LogP contribution in [0.5, 0.6) is 0 Å². The highest BCUT2D eigenvalue weighted by atomic mass is 16.4. The lowest BCUT2D eigenvalue weighted by atomic mass is 9.97. The van der Waals surface area contributed by atoms with Gasteiger partial charge >= 0.3 is 5.97 Å². The number of carbonyl (C=O) groups is 2. The van der Waals surface area contributed by atoms with Gasteiger partial charge in [-0.05, 0) is 33.1 Å². The van der Waals surface area contributed by atoms with Crippen LogP contribution in [0.4, 0.5) is 0 Å². The van der Waals surface area contributed by atoms with Crippen molar-refractivity contribution in [3.63, 3.8) is 0 Å². The zero-order chi connectivity index (χ0) is 15.1. The van der Waals surface area contributed by atoms with Gasteiger partial charge in [-0.1, -0.05) is 13.8 Å². The van der Waals surface area contributed by atoms with Crippen LogP contribution in [0.3, 0.4) is 0 Å². The predicted octanol–water partition coefficient (Wildman–Crippen LogP) is 1.63. The fourth-order valence-electron chi connectivity index (χ4n) is 1.72. The smallest absolute Gasteiger partial charge is 0.308 e. The first kappa shape index (κ1) is 17.9. The standard InChI is InChI=1S/C14H28N2O3/c1-10(2)8-11(13(18)19)9-15-12(17)6-7-16-14(3,4)5/h10-11,16H,6-9H2,1-5H3,(H,15,17)(H,18,19). The largest absolute Gasteiger partial charge is 0.481 e. The van der Waals surface area contributed by atoms with E-state index in [1.807, 2.05) is 34.6 Å². The van der Waals surface area contributed by atoms with Crippen LogP contribution in [0.2, 0.25) is 0 Å². The molecule has 3 N–H and O–H groups in total. The van der Waals surface area contributed by atoms with Gasteiger partial charge in [0.25, 0.3) is 0 Å². The highest BCUT2D eigenvalue weighted by Gasteiger charge is 2.19. The summed E-state index contributed by atoms with van der Waals surface area (Å²) in [6.07, 6.45) is 0.946. The summed E-state index contributed by atoms with van der Waals surface area (Å²) in [6, 6.07) is 0. The van der Waals surface area contributed by atoms with Crippen molar-refractivity contribution in [2.45, 2.75) is 53.0 Å². The summed E-state index contributed by atoms with van der Waals surface area (Å²) < 4.78 is 0. The highest BCUT2D eigenvalue weighted by Crippen LogP contribution is 2.11. The minimum Gasteiger partial charge on any atom is -0.481 e. The van der Waals surface area contributed by atoms with Gasteiger partial charge in [0.15, 0.2) is 0 Å². The molecule has 0 aliphatic carbocycles. The number of carboxylic acid groups (broad SMARTS) is 1. The van der Waals surface area contributed by atoms with Crippen molar-refractivity contribution < 1.29 is 14.7 Å². The van der Waals surface area contributed by atoms with Crippen LogP contribution in [0.1, 0.15) is 47.5 Å². The normalized spacial score (nSPS) is 13.4. The van der Waals surface area contributed by atoms with Gasteiger partial charge < -0.3 is 15.7 Å². The third-order valence-corrected chi connectivity index (χ3v) is 2.66. The van der Waals surface area contributed by atoms with Crippen LogP contribution in [0, 0.1) is 11.8 Å². The lowest BCUT2D eigenvalue weighted by molar-refractivity contribution is -0.142. The van der Waals surface area contributed by atoms with Crippen molar-refractivity contribution in [1.29, 1.82) is 0 Å². The van der Waals surface area contributed by atoms with Gasteiger partial charge in [0, 0.05) is 25.0 Å². The van der Waals surface area contributed by atoms with E-state index in [-0.39, 0.29) is 18.0 Å². The van der Waals surface area contributed by atoms with Crippen molar-refractivity contribution >= 4 is 11.9 Å². The third-order valence-electron chi connectivity index (χ3n) is 2.66. The summed E-state index contributed by atoms with van der Waals surface area (Å²) in [5, 5.41) is 15.0. The Bertz CT molecular complexity index is 296. The van der Waals surface area contributed by atoms with Crippen molar-refractivity contribution in [2.75, 3.05) is 13.1 Å². The Kier molecular flexibility index (Phi) is 7.68. The zero-order valence-corrected chi connectivity index (χ0v) is 12.7. The number of carboxylic acids is 1. The highest BCUT2D eigenvalue weighted by molar-refractivity contribution is 5.77. The molecule has 0 rings (SSSR count). The first-order valence-electron chi connectivity index (χ1n) is 6.86. The van der Waals surface area contributed by atoms with E-state index < -0.39 is 11.9 Å². The minimum absolute atomic E-state index is 0.0124. The van der Waals surface area contributed by atoms with Gasteiger partial charge in [0.2, 0.25) is 5.91 Å². The molecule has 0 saturated heterocycles. The molecule has 5 nitrogen and oxygen atoms in total. The molecule has 1 atom stereocenters. The molecule has 0 aromatic heterocycles. The van der Waals surface area contributed by atoms with Crippen LogP contribution in [0.25, 0.3) is 0 Å². The van der Waals surface area contributed by atoms with Crippen molar-refractivity contribution in [1.82, 2.24) is 10.6 Å². The minimum atomic E-state index is -0.846. The van der Waals surface area contributed by atoms with Gasteiger partial charge in [-0.3, -0.25) is 9.59 Å². The van der Waals surface area contributed by atoms with Gasteiger partial charge in [-0.15, -0.1) is 0 Å². The number of amides is 1. The number of aliphatic carboxylic acids is 1. The van der Waals surface area contributed by atoms with E-state index in [0.717, 1.165) is 0 Å². The lowest BCUT2D eigenvalue weighted by Gasteiger charge is -2.20. The molecular formula is C14H28N2O3. The van der Waals surface area contributed by atoms with Crippen LogP contribution in [0.15, 0.2) is 0 Å². The van der Waals surface area contributed by atoms with E-state index in [1.165, 1.54) is 0 Å². The Hall–Kier alpha value is -1.10. The molecule has 0 radical (unpaired) electrons. The number of hydrogen-bond acceptors (Lipinski definition) is 3. The topological polar surface area (TPSA) is 78.4 Å². The number of rotatable bonds is 8. The third kappa shape index (κ3) is 10.5. The fourth-order valence-corrected chi connectivity index (χ4v) is 1.72. The molecule has 0 fully saturated rings. The zero-order valence-electron chi connectivity index (χ0n) is 12.7. The molecule has 0 heterocycles. The molecule has 1 unspecified atom stereocenters. The van der Waals surface area contributed by atoms with Crippen LogP contribution in [-0.4, -0.2) is 35.6 Å². The van der Waals surface area contributed by atoms with E-state index >= 15 is 0 Å². The Morgan fingerprint density at radius 1 is 1.21 bits per heavy atom. The van der Waals surface area contributed by atoms with Crippen molar-refractivity contribution in [3.8, 4) is 0 Å². The summed E-state index contributed by atoms with van der Waals surface area (Å²) in [6.45, 7) is 10.9. The maximum Gasteiger partial charge on any atom is 0.308 e. The van der Waals surface area contributed by atoms with Crippen LogP contribution in [-0.2, 0) is 9.59 Å². The molecule has 0 aromatic carbocycles. The summed E-state index contributed by atoms with van der Waals surface area (Å²) in [4.78, 5) is 22.6. The van der Waals surface area contributed by atoms with E-state index in [9.17, 15) is 9.59 Å². The fraction of sp³-hybridized carbons (Fsp3) is 0.857. The molecule has 5 heteroatoms. The molecule has 112 valence electrons. The Labute approximate surface area is 116 Å². The molecule has 1 amide bonds. The summed E-state index contributed by atoms with van der Waals surface area (Å²) in [5.74, 6) is -1.14. The Balaban J connectivity index is 3.95. The second-order valence-corrected chi connectivity index (χ2v) is 6.40. The molecule has 0 aromatic rings. The Morgan fingerprint density at radius 3 is 2.21 bits per heavy atom. The molecule has 0 saturated carbocycles. The van der Waals surface area contributed by atoms with Crippen molar-refractivity contribution in [3.05, 3.63) is 0 Å². The van der Waals surface area contributed by atoms with E-state index in [4.69, 9.17) is 5.11 Å². The average molecular weight is 272 g/mol. The number of hydrogen-bond donors (Lipinski definition) is 3. The maximum atomic E-state index is 11.6. The Morgan fingerprint density at radius 2 is 1.79 bits per heavy atom. The second-order valence-electron chi connectivity index (χ2n) is 6.40. The number of carbonyl (C=O) groups excluding carboxylic acids is 1. The first-order valence-corrected chi connectivity index (χ1v) is 6.86. The van der Waals surface area contributed by atoms with Crippen molar-refractivity contribution in [2.24, 2.45) is 11.8 Å². The van der Waals surface area contributed by atoms with Crippen LogP contribution < -0.4 is 10.6 Å². The average Bonchev–Trinajstić information content (AvgIpc) is 2.21. The van der Waals surface area contributed by atoms with Gasteiger partial charge in [-0.2, -0.15) is 0 Å². The predicted molar refractivity (Wildman–Crippen MR) is 76.0 cm³/mol. The molecular weight excluding hydrogens is 244 g/mol. The van der Waals surface area contributed by atoms with Crippen LogP contribution >= 0.6 is 0 Å². The lowest BCUT2D eigenvalue weighted by Crippen LogP contribution is -2.39. The van der Waals surface area contributed by atoms with Gasteiger partial charge in [0.1, 0.15) is 0 Å². The molecule has 0 spiro atoms. The van der Waals surface area contributed by atoms with Gasteiger partial charge in [-0.25, -0.2) is 0 Å². The van der Waals surface area contributed by atoms with E-state index in [1.54, 1.807) is 0 Å². The van der Waals surface area contributed by atoms with E-state index in [2.05, 4.69) is 10.6 Å². The second kappa shape index (κ2) is 8.15. The number of nitrogens with one attached hydrogen (secondary N) is 2. The first-order chi connectivity index (χ1) is 8.61. The summed E-state index contributed by atoms with van der Waals surface area (Å²) in [5.41, 5.74) is -0.0124. The SMILES string of the molecule is CC(C)CC(CNC(=O)CCNC(C)(C)C)C(=O)O. The maximum absolute atomic E-state index is 11.6. The quantitative estimate of drug-likeness (QED) is 0.627. The monoisotopic (exact) mass is 272 g/mol. The van der Waals surface area contributed by atoms with E-state index in [0.29, 0.717) is 25.3 Å².